The van der Waals surface area contributed by atoms with Crippen molar-refractivity contribution in [2.24, 2.45) is 11.8 Å². The molecule has 8 heteroatoms. The van der Waals surface area contributed by atoms with Crippen molar-refractivity contribution in [2.75, 3.05) is 0 Å². The summed E-state index contributed by atoms with van der Waals surface area (Å²) in [6, 6.07) is 2.69. The Labute approximate surface area is 177 Å². The average Bonchev–Trinajstić information content (AvgIpc) is 2.70. The number of aromatic hydroxyl groups is 1. The molecule has 3 aliphatic rings. The SMILES string of the molecule is CCC(=O)c1ccc(O)c2c1C[C@H]1C[C@H]3CC(O)=C(C(C)=O)C(=O)[C@@]3(O)C(O)=C1C2=O. The number of carbonyl (C=O) groups is 4. The highest BCUT2D eigenvalue weighted by Crippen LogP contribution is 2.51. The highest BCUT2D eigenvalue weighted by Gasteiger charge is 2.59. The zero-order chi connectivity index (χ0) is 22.8. The van der Waals surface area contributed by atoms with Crippen molar-refractivity contribution in [1.82, 2.24) is 0 Å². The van der Waals surface area contributed by atoms with Gasteiger partial charge in [-0.2, -0.15) is 0 Å². The minimum Gasteiger partial charge on any atom is -0.511 e. The summed E-state index contributed by atoms with van der Waals surface area (Å²) in [4.78, 5) is 50.5. The van der Waals surface area contributed by atoms with Gasteiger partial charge in [-0.05, 0) is 43.4 Å². The highest BCUT2D eigenvalue weighted by molar-refractivity contribution is 6.25. The van der Waals surface area contributed by atoms with Crippen molar-refractivity contribution in [2.45, 2.75) is 45.1 Å². The second kappa shape index (κ2) is 6.88. The number of phenols is 1. The van der Waals surface area contributed by atoms with Gasteiger partial charge in [0.2, 0.25) is 5.78 Å². The Bertz CT molecular complexity index is 1140. The fraction of sp³-hybridized carbons (Fsp3) is 0.391. The summed E-state index contributed by atoms with van der Waals surface area (Å²) >= 11 is 0. The predicted octanol–water partition coefficient (Wildman–Crippen LogP) is 2.28. The first-order chi connectivity index (χ1) is 14.5. The Morgan fingerprint density at radius 2 is 1.81 bits per heavy atom. The number of carbonyl (C=O) groups excluding carboxylic acids is 4. The molecule has 31 heavy (non-hydrogen) atoms. The second-order valence-electron chi connectivity index (χ2n) is 8.37. The van der Waals surface area contributed by atoms with Gasteiger partial charge in [-0.15, -0.1) is 0 Å². The monoisotopic (exact) mass is 426 g/mol. The molecule has 0 radical (unpaired) electrons. The Balaban J connectivity index is 1.92. The van der Waals surface area contributed by atoms with Crippen LogP contribution < -0.4 is 0 Å². The molecule has 0 fully saturated rings. The average molecular weight is 426 g/mol. The first-order valence-corrected chi connectivity index (χ1v) is 10.1. The van der Waals surface area contributed by atoms with Crippen molar-refractivity contribution in [3.63, 3.8) is 0 Å². The lowest BCUT2D eigenvalue weighted by atomic mass is 9.60. The van der Waals surface area contributed by atoms with Gasteiger partial charge in [-0.1, -0.05) is 6.92 Å². The van der Waals surface area contributed by atoms with Crippen molar-refractivity contribution in [3.8, 4) is 5.75 Å². The van der Waals surface area contributed by atoms with Crippen LogP contribution >= 0.6 is 0 Å². The molecule has 0 heterocycles. The molecule has 1 aromatic rings. The van der Waals surface area contributed by atoms with E-state index in [1.165, 1.54) is 12.1 Å². The maximum absolute atomic E-state index is 13.3. The van der Waals surface area contributed by atoms with Crippen LogP contribution in [0.25, 0.3) is 0 Å². The van der Waals surface area contributed by atoms with Crippen LogP contribution in [0, 0.1) is 11.8 Å². The topological polar surface area (TPSA) is 149 Å². The summed E-state index contributed by atoms with van der Waals surface area (Å²) in [6.07, 6.45) is 0.193. The highest BCUT2D eigenvalue weighted by atomic mass is 16.3. The van der Waals surface area contributed by atoms with E-state index in [-0.39, 0.29) is 48.4 Å². The number of aliphatic hydroxyl groups is 3. The maximum atomic E-state index is 13.3. The zero-order valence-electron chi connectivity index (χ0n) is 17.1. The minimum absolute atomic E-state index is 0.0669. The van der Waals surface area contributed by atoms with Gasteiger partial charge in [0.1, 0.15) is 22.8 Å². The molecular weight excluding hydrogens is 404 g/mol. The fourth-order valence-electron chi connectivity index (χ4n) is 5.18. The molecule has 1 aromatic carbocycles. The lowest BCUT2D eigenvalue weighted by Crippen LogP contribution is -2.56. The number of Topliss-reactive ketones (excluding diaryl/α,β-unsaturated/α-hetero) is 4. The summed E-state index contributed by atoms with van der Waals surface area (Å²) < 4.78 is 0. The van der Waals surface area contributed by atoms with E-state index in [0.717, 1.165) is 6.92 Å². The van der Waals surface area contributed by atoms with Crippen molar-refractivity contribution in [3.05, 3.63) is 51.5 Å². The molecule has 0 aliphatic heterocycles. The molecular formula is C23H22O8. The smallest absolute Gasteiger partial charge is 0.209 e. The standard InChI is InChI=1S/C23H22O8/c1-3-14(25)12-4-5-15(26)19-13(12)7-10-6-11-8-16(27)17(9(2)24)21(29)23(11,31)22(30)18(10)20(19)28/h4-5,10-11,26-27,30-31H,3,6-8H2,1-2H3/t10-,11+,23-/m1/s1. The number of fused-ring (bicyclic) bond motifs is 3. The largest absolute Gasteiger partial charge is 0.511 e. The summed E-state index contributed by atoms with van der Waals surface area (Å²) in [5, 5.41) is 42.7. The molecule has 0 unspecified atom stereocenters. The first-order valence-electron chi connectivity index (χ1n) is 10.1. The molecule has 8 nitrogen and oxygen atoms in total. The van der Waals surface area contributed by atoms with Gasteiger partial charge < -0.3 is 20.4 Å². The third-order valence-corrected chi connectivity index (χ3v) is 6.67. The Kier molecular flexibility index (Phi) is 4.66. The van der Waals surface area contributed by atoms with E-state index in [9.17, 15) is 39.6 Å². The number of rotatable bonds is 3. The van der Waals surface area contributed by atoms with Gasteiger partial charge >= 0.3 is 0 Å². The molecule has 0 saturated heterocycles. The number of hydrogen-bond donors (Lipinski definition) is 4. The third-order valence-electron chi connectivity index (χ3n) is 6.67. The van der Waals surface area contributed by atoms with E-state index in [0.29, 0.717) is 11.1 Å². The normalized spacial score (nSPS) is 27.6. The molecule has 3 atom stereocenters. The number of phenolic OH excluding ortho intramolecular Hbond substituents is 1. The minimum atomic E-state index is -2.52. The van der Waals surface area contributed by atoms with Crippen LogP contribution in [0.4, 0.5) is 0 Å². The molecule has 0 amide bonds. The maximum Gasteiger partial charge on any atom is 0.209 e. The Morgan fingerprint density at radius 3 is 2.42 bits per heavy atom. The number of hydrogen-bond acceptors (Lipinski definition) is 8. The second-order valence-corrected chi connectivity index (χ2v) is 8.37. The number of aliphatic hydroxyl groups excluding tert-OH is 2. The third kappa shape index (κ3) is 2.71. The van der Waals surface area contributed by atoms with Crippen LogP contribution in [0.15, 0.2) is 34.8 Å². The van der Waals surface area contributed by atoms with Crippen molar-refractivity contribution in [1.29, 1.82) is 0 Å². The number of benzene rings is 1. The fourth-order valence-corrected chi connectivity index (χ4v) is 5.18. The van der Waals surface area contributed by atoms with Crippen LogP contribution in [-0.2, 0) is 16.0 Å². The Hall–Kier alpha value is -3.26. The molecule has 4 N–H and O–H groups in total. The van der Waals surface area contributed by atoms with E-state index >= 15 is 0 Å². The Morgan fingerprint density at radius 1 is 1.13 bits per heavy atom. The van der Waals surface area contributed by atoms with Crippen LogP contribution in [0.2, 0.25) is 0 Å². The zero-order valence-corrected chi connectivity index (χ0v) is 17.1. The van der Waals surface area contributed by atoms with Gasteiger partial charge in [-0.25, -0.2) is 0 Å². The van der Waals surface area contributed by atoms with Crippen LogP contribution in [0.3, 0.4) is 0 Å². The van der Waals surface area contributed by atoms with E-state index in [1.54, 1.807) is 6.92 Å². The molecule has 0 bridgehead atoms. The van der Waals surface area contributed by atoms with E-state index < -0.39 is 51.9 Å². The summed E-state index contributed by atoms with van der Waals surface area (Å²) in [7, 11) is 0. The quantitative estimate of drug-likeness (QED) is 0.425. The lowest BCUT2D eigenvalue weighted by Gasteiger charge is -2.45. The number of ketones is 4. The lowest BCUT2D eigenvalue weighted by molar-refractivity contribution is -0.144. The van der Waals surface area contributed by atoms with Crippen molar-refractivity contribution < 1.29 is 39.6 Å². The molecule has 162 valence electrons. The summed E-state index contributed by atoms with van der Waals surface area (Å²) in [5.74, 6) is -6.12. The van der Waals surface area contributed by atoms with Gasteiger partial charge in [0.05, 0.1) is 5.56 Å². The first kappa shape index (κ1) is 21.0. The van der Waals surface area contributed by atoms with Crippen LogP contribution in [0.1, 0.15) is 59.4 Å². The molecule has 3 aliphatic carbocycles. The van der Waals surface area contributed by atoms with Gasteiger partial charge in [-0.3, -0.25) is 19.2 Å². The molecule has 0 aromatic heterocycles. The van der Waals surface area contributed by atoms with Crippen molar-refractivity contribution >= 4 is 23.1 Å². The van der Waals surface area contributed by atoms with E-state index in [1.807, 2.05) is 0 Å². The van der Waals surface area contributed by atoms with Gasteiger partial charge in [0.25, 0.3) is 0 Å². The van der Waals surface area contributed by atoms with E-state index in [2.05, 4.69) is 0 Å². The van der Waals surface area contributed by atoms with Gasteiger partial charge in [0, 0.05) is 29.9 Å². The van der Waals surface area contributed by atoms with Crippen LogP contribution in [0.5, 0.6) is 5.75 Å². The molecule has 0 spiro atoms. The van der Waals surface area contributed by atoms with Gasteiger partial charge in [0.15, 0.2) is 23.0 Å². The predicted molar refractivity (Wildman–Crippen MR) is 107 cm³/mol. The van der Waals surface area contributed by atoms with Crippen LogP contribution in [-0.4, -0.2) is 49.2 Å². The summed E-state index contributed by atoms with van der Waals surface area (Å²) in [5.41, 5.74) is -2.77. The molecule has 0 saturated carbocycles. The number of allylic oxidation sites excluding steroid dienone is 2. The van der Waals surface area contributed by atoms with E-state index in [4.69, 9.17) is 0 Å². The summed E-state index contributed by atoms with van der Waals surface area (Å²) in [6.45, 7) is 2.74. The molecule has 4 rings (SSSR count).